The van der Waals surface area contributed by atoms with E-state index >= 15 is 0 Å². The predicted octanol–water partition coefficient (Wildman–Crippen LogP) is 1.52. The molecule has 0 heterocycles. The highest BCUT2D eigenvalue weighted by molar-refractivity contribution is 9.09. The van der Waals surface area contributed by atoms with E-state index in [1.54, 1.807) is 0 Å². The zero-order valence-corrected chi connectivity index (χ0v) is 22.0. The average Bonchev–Trinajstić information content (AvgIpc) is 2.85. The number of rotatable bonds is 31. The highest BCUT2D eigenvalue weighted by atomic mass is 79.9. The van der Waals surface area contributed by atoms with Gasteiger partial charge in [-0.05, 0) is 0 Å². The molecule has 206 valence electrons. The maximum absolute atomic E-state index is 11.8. The molecular formula is C22H44BrFO10. The molecule has 0 amide bonds. The van der Waals surface area contributed by atoms with Gasteiger partial charge in [0.1, 0.15) is 6.67 Å². The van der Waals surface area contributed by atoms with Crippen molar-refractivity contribution in [3.05, 3.63) is 0 Å². The molecule has 0 spiro atoms. The van der Waals surface area contributed by atoms with Crippen molar-refractivity contribution in [2.75, 3.05) is 144 Å². The standard InChI is InChI=1S/C22H44BrFO10/c23-1-3-25-5-7-27-9-11-29-13-15-31-17-19-33-21-22-34-20-18-32-16-14-30-12-10-28-8-6-26-4-2-24/h1-22H2. The summed E-state index contributed by atoms with van der Waals surface area (Å²) < 4.78 is 65.1. The van der Waals surface area contributed by atoms with Crippen LogP contribution in [0.3, 0.4) is 0 Å². The van der Waals surface area contributed by atoms with Gasteiger partial charge in [-0.3, -0.25) is 0 Å². The molecule has 0 radical (unpaired) electrons. The van der Waals surface area contributed by atoms with E-state index in [9.17, 15) is 4.39 Å². The molecule has 34 heavy (non-hydrogen) atoms. The van der Waals surface area contributed by atoms with Gasteiger partial charge in [-0.25, -0.2) is 4.39 Å². The molecule has 0 aliphatic carbocycles. The average molecular weight is 567 g/mol. The number of hydrogen-bond acceptors (Lipinski definition) is 10. The molecule has 0 fully saturated rings. The fourth-order valence-electron chi connectivity index (χ4n) is 2.19. The molecule has 0 saturated carbocycles. The molecule has 0 unspecified atom stereocenters. The maximum Gasteiger partial charge on any atom is 0.113 e. The summed E-state index contributed by atoms with van der Waals surface area (Å²) in [4.78, 5) is 0. The normalized spacial score (nSPS) is 11.5. The Morgan fingerprint density at radius 3 is 0.647 bits per heavy atom. The lowest BCUT2D eigenvalue weighted by Gasteiger charge is -2.09. The number of hydrogen-bond donors (Lipinski definition) is 0. The largest absolute Gasteiger partial charge is 0.378 e. The van der Waals surface area contributed by atoms with Crippen LogP contribution in [-0.4, -0.2) is 144 Å². The van der Waals surface area contributed by atoms with Crippen LogP contribution in [0, 0.1) is 0 Å². The molecule has 0 aromatic carbocycles. The summed E-state index contributed by atoms with van der Waals surface area (Å²) in [5.41, 5.74) is 0. The van der Waals surface area contributed by atoms with E-state index < -0.39 is 6.67 Å². The van der Waals surface area contributed by atoms with Gasteiger partial charge >= 0.3 is 0 Å². The Balaban J connectivity index is 2.99. The SMILES string of the molecule is FCCOCCOCCOCCOCCOCCOCCOCCOCCOCCOCCBr. The molecule has 0 N–H and O–H groups in total. The van der Waals surface area contributed by atoms with Crippen LogP contribution in [0.25, 0.3) is 0 Å². The van der Waals surface area contributed by atoms with Gasteiger partial charge in [-0.2, -0.15) is 0 Å². The Morgan fingerprint density at radius 2 is 0.471 bits per heavy atom. The first kappa shape index (κ1) is 34.0. The molecule has 0 aliphatic rings. The van der Waals surface area contributed by atoms with E-state index in [4.69, 9.17) is 47.4 Å². The molecule has 0 aromatic heterocycles. The molecule has 0 bridgehead atoms. The van der Waals surface area contributed by atoms with Crippen molar-refractivity contribution in [3.8, 4) is 0 Å². The molecular weight excluding hydrogens is 523 g/mol. The van der Waals surface area contributed by atoms with E-state index in [0.29, 0.717) is 126 Å². The molecule has 0 rings (SSSR count). The Kier molecular flexibility index (Phi) is 33.0. The molecule has 12 heteroatoms. The second-order valence-electron chi connectivity index (χ2n) is 6.50. The molecule has 0 aliphatic heterocycles. The third-order valence-electron chi connectivity index (χ3n) is 3.79. The number of ether oxygens (including phenoxy) is 10. The Morgan fingerprint density at radius 1 is 0.294 bits per heavy atom. The van der Waals surface area contributed by atoms with Crippen LogP contribution in [0.15, 0.2) is 0 Å². The van der Waals surface area contributed by atoms with Crippen molar-refractivity contribution in [1.82, 2.24) is 0 Å². The highest BCUT2D eigenvalue weighted by Crippen LogP contribution is 1.87. The van der Waals surface area contributed by atoms with E-state index in [0.717, 1.165) is 5.33 Å². The molecule has 0 atom stereocenters. The topological polar surface area (TPSA) is 92.3 Å². The third-order valence-corrected chi connectivity index (χ3v) is 4.11. The Bertz CT molecular complexity index is 330. The second kappa shape index (κ2) is 33.0. The van der Waals surface area contributed by atoms with Crippen LogP contribution in [0.5, 0.6) is 0 Å². The van der Waals surface area contributed by atoms with Gasteiger partial charge < -0.3 is 47.4 Å². The summed E-state index contributed by atoms with van der Waals surface area (Å²) in [5, 5.41) is 0.837. The first-order valence-corrected chi connectivity index (χ1v) is 12.9. The fourth-order valence-corrected chi connectivity index (χ4v) is 2.42. The van der Waals surface area contributed by atoms with Crippen LogP contribution in [-0.2, 0) is 47.4 Å². The lowest BCUT2D eigenvalue weighted by atomic mass is 10.6. The lowest BCUT2D eigenvalue weighted by Crippen LogP contribution is -2.15. The summed E-state index contributed by atoms with van der Waals surface area (Å²) in [6.45, 7) is 9.54. The maximum atomic E-state index is 11.8. The van der Waals surface area contributed by atoms with Gasteiger partial charge in [-0.1, -0.05) is 15.9 Å². The highest BCUT2D eigenvalue weighted by Gasteiger charge is 1.95. The van der Waals surface area contributed by atoms with Crippen LogP contribution in [0.4, 0.5) is 4.39 Å². The van der Waals surface area contributed by atoms with E-state index in [1.807, 2.05) is 0 Å². The van der Waals surface area contributed by atoms with Crippen molar-refractivity contribution in [1.29, 1.82) is 0 Å². The van der Waals surface area contributed by atoms with Gasteiger partial charge in [0.25, 0.3) is 0 Å². The van der Waals surface area contributed by atoms with Crippen molar-refractivity contribution in [3.63, 3.8) is 0 Å². The quantitative estimate of drug-likeness (QED) is 0.0907. The Labute approximate surface area is 212 Å². The van der Waals surface area contributed by atoms with Gasteiger partial charge in [-0.15, -0.1) is 0 Å². The van der Waals surface area contributed by atoms with Crippen molar-refractivity contribution < 1.29 is 51.8 Å². The summed E-state index contributed by atoms with van der Waals surface area (Å²) >= 11 is 3.29. The fraction of sp³-hybridized carbons (Fsp3) is 1.00. The van der Waals surface area contributed by atoms with Crippen molar-refractivity contribution in [2.45, 2.75) is 0 Å². The van der Waals surface area contributed by atoms with Gasteiger partial charge in [0.15, 0.2) is 0 Å². The van der Waals surface area contributed by atoms with Gasteiger partial charge in [0, 0.05) is 5.33 Å². The number of halogens is 2. The lowest BCUT2D eigenvalue weighted by molar-refractivity contribution is -0.0263. The molecule has 10 nitrogen and oxygen atoms in total. The van der Waals surface area contributed by atoms with Crippen LogP contribution in [0.2, 0.25) is 0 Å². The minimum Gasteiger partial charge on any atom is -0.378 e. The summed E-state index contributed by atoms with van der Waals surface area (Å²) in [5.74, 6) is 0. The summed E-state index contributed by atoms with van der Waals surface area (Å²) in [6.07, 6.45) is 0. The first-order chi connectivity index (χ1) is 16.9. The van der Waals surface area contributed by atoms with Crippen LogP contribution >= 0.6 is 15.9 Å². The van der Waals surface area contributed by atoms with E-state index in [1.165, 1.54) is 0 Å². The third kappa shape index (κ3) is 32.0. The predicted molar refractivity (Wildman–Crippen MR) is 128 cm³/mol. The summed E-state index contributed by atoms with van der Waals surface area (Å²) in [7, 11) is 0. The van der Waals surface area contributed by atoms with Crippen LogP contribution in [0.1, 0.15) is 0 Å². The smallest absolute Gasteiger partial charge is 0.113 e. The zero-order valence-electron chi connectivity index (χ0n) is 20.4. The first-order valence-electron chi connectivity index (χ1n) is 11.8. The minimum absolute atomic E-state index is 0.118. The molecule has 0 saturated heterocycles. The van der Waals surface area contributed by atoms with E-state index in [-0.39, 0.29) is 6.61 Å². The van der Waals surface area contributed by atoms with Crippen LogP contribution < -0.4 is 0 Å². The van der Waals surface area contributed by atoms with Crippen molar-refractivity contribution in [2.24, 2.45) is 0 Å². The van der Waals surface area contributed by atoms with Crippen molar-refractivity contribution >= 4 is 15.9 Å². The summed E-state index contributed by atoms with van der Waals surface area (Å²) in [6, 6.07) is 0. The minimum atomic E-state index is -0.471. The molecule has 0 aromatic rings. The monoisotopic (exact) mass is 566 g/mol. The van der Waals surface area contributed by atoms with Gasteiger partial charge in [0.05, 0.1) is 132 Å². The second-order valence-corrected chi connectivity index (χ2v) is 7.29. The van der Waals surface area contributed by atoms with Gasteiger partial charge in [0.2, 0.25) is 0 Å². The Hall–Kier alpha value is 0.0100. The van der Waals surface area contributed by atoms with E-state index in [2.05, 4.69) is 15.9 Å². The zero-order chi connectivity index (χ0) is 24.6. The number of alkyl halides is 2.